The first-order chi connectivity index (χ1) is 9.83. The second-order valence-electron chi connectivity index (χ2n) is 4.11. The first-order valence-corrected chi connectivity index (χ1v) is 6.38. The fourth-order valence-corrected chi connectivity index (χ4v) is 1.67. The summed E-state index contributed by atoms with van der Waals surface area (Å²) < 4.78 is 5.47. The molecular weight excluding hydrogens is 379 g/mol. The molecule has 0 atom stereocenters. The summed E-state index contributed by atoms with van der Waals surface area (Å²) in [5.74, 6) is 1.32. The predicted molar refractivity (Wildman–Crippen MR) is 95.8 cm³/mol. The fourth-order valence-electron chi connectivity index (χ4n) is 1.67. The number of nitrogens with one attached hydrogen (secondary N) is 2. The zero-order valence-corrected chi connectivity index (χ0v) is 14.2. The third-order valence-electron chi connectivity index (χ3n) is 2.65. The zero-order valence-electron chi connectivity index (χ0n) is 11.9. The van der Waals surface area contributed by atoms with Crippen molar-refractivity contribution in [3.63, 3.8) is 0 Å². The van der Waals surface area contributed by atoms with Crippen LogP contribution in [-0.2, 0) is 6.54 Å². The average Bonchev–Trinajstić information content (AvgIpc) is 2.97. The van der Waals surface area contributed by atoms with E-state index < -0.39 is 0 Å². The molecule has 1 heterocycles. The van der Waals surface area contributed by atoms with E-state index in [-0.39, 0.29) is 24.0 Å². The molecule has 0 aliphatic heterocycles. The Morgan fingerprint density at radius 1 is 1.33 bits per heavy atom. The van der Waals surface area contributed by atoms with Gasteiger partial charge >= 0.3 is 0 Å². The van der Waals surface area contributed by atoms with Gasteiger partial charge in [0.05, 0.1) is 12.2 Å². The molecule has 6 heteroatoms. The minimum absolute atomic E-state index is 0. The summed E-state index contributed by atoms with van der Waals surface area (Å²) in [5.41, 5.74) is 1.79. The van der Waals surface area contributed by atoms with Gasteiger partial charge in [-0.15, -0.1) is 30.6 Å². The van der Waals surface area contributed by atoms with Gasteiger partial charge in [-0.2, -0.15) is 0 Å². The first-order valence-electron chi connectivity index (χ1n) is 6.38. The van der Waals surface area contributed by atoms with Crippen molar-refractivity contribution < 1.29 is 4.42 Å². The Balaban J connectivity index is 0.00000220. The Labute approximate surface area is 141 Å². The Hall–Kier alpha value is -1.83. The van der Waals surface area contributed by atoms with Crippen LogP contribution in [0.5, 0.6) is 0 Å². The number of guanidine groups is 1. The molecule has 112 valence electrons. The number of nitrogens with zero attached hydrogens (tertiary/aromatic N) is 2. The van der Waals surface area contributed by atoms with Crippen LogP contribution in [0.25, 0.3) is 11.5 Å². The number of aromatic nitrogens is 1. The Bertz CT molecular complexity index is 580. The van der Waals surface area contributed by atoms with Gasteiger partial charge in [-0.3, -0.25) is 4.99 Å². The van der Waals surface area contributed by atoms with Crippen LogP contribution in [0.4, 0.5) is 0 Å². The molecule has 2 aromatic rings. The number of halogens is 1. The van der Waals surface area contributed by atoms with Crippen LogP contribution in [0.15, 0.2) is 58.7 Å². The van der Waals surface area contributed by atoms with E-state index in [0.29, 0.717) is 24.9 Å². The molecular formula is C15H19IN4O. The van der Waals surface area contributed by atoms with Crippen LogP contribution < -0.4 is 10.6 Å². The molecule has 0 bridgehead atoms. The van der Waals surface area contributed by atoms with Crippen molar-refractivity contribution in [3.05, 3.63) is 54.9 Å². The summed E-state index contributed by atoms with van der Waals surface area (Å²) in [4.78, 5) is 8.53. The van der Waals surface area contributed by atoms with Crippen molar-refractivity contribution in [1.29, 1.82) is 0 Å². The molecule has 1 aromatic carbocycles. The molecule has 0 saturated carbocycles. The monoisotopic (exact) mass is 398 g/mol. The predicted octanol–water partition coefficient (Wildman–Crippen LogP) is 2.81. The van der Waals surface area contributed by atoms with Crippen molar-refractivity contribution in [2.45, 2.75) is 6.54 Å². The lowest BCUT2D eigenvalue weighted by Gasteiger charge is -2.08. The van der Waals surface area contributed by atoms with E-state index in [2.05, 4.69) is 27.2 Å². The number of oxazole rings is 1. The lowest BCUT2D eigenvalue weighted by atomic mass is 10.2. The number of aliphatic imine (C=N–C) groups is 1. The van der Waals surface area contributed by atoms with E-state index in [0.717, 1.165) is 11.3 Å². The quantitative estimate of drug-likeness (QED) is 0.352. The molecule has 0 aliphatic rings. The van der Waals surface area contributed by atoms with Crippen molar-refractivity contribution in [1.82, 2.24) is 15.6 Å². The summed E-state index contributed by atoms with van der Waals surface area (Å²) in [6.45, 7) is 4.86. The van der Waals surface area contributed by atoms with E-state index in [1.54, 1.807) is 19.4 Å². The summed E-state index contributed by atoms with van der Waals surface area (Å²) in [6, 6.07) is 9.81. The minimum atomic E-state index is 0. The summed E-state index contributed by atoms with van der Waals surface area (Å²) in [6.07, 6.45) is 3.42. The van der Waals surface area contributed by atoms with Crippen LogP contribution >= 0.6 is 24.0 Å². The number of benzene rings is 1. The minimum Gasteiger partial charge on any atom is -0.444 e. The number of hydrogen-bond acceptors (Lipinski definition) is 3. The van der Waals surface area contributed by atoms with Crippen LogP contribution in [0.2, 0.25) is 0 Å². The molecule has 0 unspecified atom stereocenters. The third kappa shape index (κ3) is 5.22. The normalized spacial score (nSPS) is 10.6. The molecule has 0 saturated heterocycles. The van der Waals surface area contributed by atoms with Gasteiger partial charge in [0, 0.05) is 19.2 Å². The molecule has 2 N–H and O–H groups in total. The summed E-state index contributed by atoms with van der Waals surface area (Å²) in [7, 11) is 1.72. The second-order valence-corrected chi connectivity index (χ2v) is 4.11. The second kappa shape index (κ2) is 9.17. The Morgan fingerprint density at radius 2 is 2.10 bits per heavy atom. The van der Waals surface area contributed by atoms with Gasteiger partial charge in [-0.25, -0.2) is 4.98 Å². The molecule has 1 aromatic heterocycles. The lowest BCUT2D eigenvalue weighted by Crippen LogP contribution is -2.36. The lowest BCUT2D eigenvalue weighted by molar-refractivity contribution is 0.572. The Kier molecular flexibility index (Phi) is 7.52. The van der Waals surface area contributed by atoms with Crippen molar-refractivity contribution >= 4 is 29.9 Å². The highest BCUT2D eigenvalue weighted by atomic mass is 127. The SMILES string of the molecule is C=CCNC(=NC)NCc1coc(-c2ccccc2)n1.I. The smallest absolute Gasteiger partial charge is 0.226 e. The van der Waals surface area contributed by atoms with Crippen molar-refractivity contribution in [2.75, 3.05) is 13.6 Å². The molecule has 0 amide bonds. The van der Waals surface area contributed by atoms with Gasteiger partial charge in [0.1, 0.15) is 6.26 Å². The highest BCUT2D eigenvalue weighted by Gasteiger charge is 2.06. The Morgan fingerprint density at radius 3 is 2.76 bits per heavy atom. The van der Waals surface area contributed by atoms with Crippen LogP contribution in [0.3, 0.4) is 0 Å². The summed E-state index contributed by atoms with van der Waals surface area (Å²) in [5, 5.41) is 6.24. The van der Waals surface area contributed by atoms with Crippen molar-refractivity contribution in [2.24, 2.45) is 4.99 Å². The molecule has 0 fully saturated rings. The van der Waals surface area contributed by atoms with E-state index in [1.165, 1.54) is 0 Å². The zero-order chi connectivity index (χ0) is 14.2. The topological polar surface area (TPSA) is 62.5 Å². The molecule has 21 heavy (non-hydrogen) atoms. The summed E-state index contributed by atoms with van der Waals surface area (Å²) >= 11 is 0. The highest BCUT2D eigenvalue weighted by Crippen LogP contribution is 2.17. The third-order valence-corrected chi connectivity index (χ3v) is 2.65. The largest absolute Gasteiger partial charge is 0.444 e. The van der Waals surface area contributed by atoms with Gasteiger partial charge in [0.25, 0.3) is 0 Å². The number of rotatable bonds is 5. The maximum Gasteiger partial charge on any atom is 0.226 e. The van der Waals surface area contributed by atoms with E-state index in [1.807, 2.05) is 30.3 Å². The number of hydrogen-bond donors (Lipinski definition) is 2. The molecule has 5 nitrogen and oxygen atoms in total. The van der Waals surface area contributed by atoms with Gasteiger partial charge in [0.15, 0.2) is 5.96 Å². The molecule has 0 spiro atoms. The van der Waals surface area contributed by atoms with Crippen LogP contribution in [0, 0.1) is 0 Å². The fraction of sp³-hybridized carbons (Fsp3) is 0.200. The van der Waals surface area contributed by atoms with Gasteiger partial charge < -0.3 is 15.1 Å². The van der Waals surface area contributed by atoms with E-state index in [4.69, 9.17) is 4.42 Å². The maximum absolute atomic E-state index is 5.47. The maximum atomic E-state index is 5.47. The van der Waals surface area contributed by atoms with Crippen LogP contribution in [-0.4, -0.2) is 24.5 Å². The first kappa shape index (κ1) is 17.2. The standard InChI is InChI=1S/C15H18N4O.HI/c1-3-9-17-15(16-2)18-10-13-11-20-14(19-13)12-7-5-4-6-8-12;/h3-8,11H,1,9-10H2,2H3,(H2,16,17,18);1H. The average molecular weight is 398 g/mol. The van der Waals surface area contributed by atoms with Gasteiger partial charge in [0.2, 0.25) is 5.89 Å². The highest BCUT2D eigenvalue weighted by molar-refractivity contribution is 14.0. The van der Waals surface area contributed by atoms with E-state index in [9.17, 15) is 0 Å². The van der Waals surface area contributed by atoms with E-state index >= 15 is 0 Å². The molecule has 0 aliphatic carbocycles. The van der Waals surface area contributed by atoms with Crippen molar-refractivity contribution in [3.8, 4) is 11.5 Å². The molecule has 0 radical (unpaired) electrons. The van der Waals surface area contributed by atoms with Gasteiger partial charge in [-0.1, -0.05) is 24.3 Å². The van der Waals surface area contributed by atoms with Gasteiger partial charge in [-0.05, 0) is 12.1 Å². The van der Waals surface area contributed by atoms with Crippen LogP contribution in [0.1, 0.15) is 5.69 Å². The molecule has 2 rings (SSSR count).